The molecular formula is C13H19N3. The average molecular weight is 217 g/mol. The van der Waals surface area contributed by atoms with E-state index in [2.05, 4.69) is 22.5 Å². The zero-order chi connectivity index (χ0) is 11.4. The van der Waals surface area contributed by atoms with Gasteiger partial charge in [-0.2, -0.15) is 0 Å². The number of para-hydroxylation sites is 2. The largest absolute Gasteiger partial charge is 0.329 e. The number of aromatic nitrogens is 2. The van der Waals surface area contributed by atoms with E-state index in [1.165, 1.54) is 18.4 Å². The molecule has 86 valence electrons. The van der Waals surface area contributed by atoms with E-state index in [0.717, 1.165) is 18.5 Å². The van der Waals surface area contributed by atoms with E-state index in [1.54, 1.807) is 0 Å². The van der Waals surface area contributed by atoms with Crippen molar-refractivity contribution < 1.29 is 0 Å². The summed E-state index contributed by atoms with van der Waals surface area (Å²) in [4.78, 5) is 4.36. The number of fused-ring (bicyclic) bond motifs is 1. The normalized spacial score (nSPS) is 13.1. The second kappa shape index (κ2) is 5.12. The monoisotopic (exact) mass is 217 g/mol. The Balaban J connectivity index is 2.09. The highest BCUT2D eigenvalue weighted by molar-refractivity contribution is 5.74. The van der Waals surface area contributed by atoms with Crippen molar-refractivity contribution in [2.75, 3.05) is 0 Å². The minimum absolute atomic E-state index is 0.234. The van der Waals surface area contributed by atoms with Gasteiger partial charge in [0.25, 0.3) is 0 Å². The SMILES string of the molecule is CCCCC(N)Cn1cnc2ccccc21. The van der Waals surface area contributed by atoms with Gasteiger partial charge >= 0.3 is 0 Å². The summed E-state index contributed by atoms with van der Waals surface area (Å²) in [5, 5.41) is 0. The second-order valence-electron chi connectivity index (χ2n) is 4.29. The Bertz CT molecular complexity index is 447. The molecule has 0 fully saturated rings. The maximum absolute atomic E-state index is 6.09. The molecule has 0 radical (unpaired) electrons. The van der Waals surface area contributed by atoms with Crippen molar-refractivity contribution in [3.05, 3.63) is 30.6 Å². The molecule has 1 atom stereocenters. The molecule has 0 amide bonds. The molecule has 2 aromatic rings. The van der Waals surface area contributed by atoms with Crippen molar-refractivity contribution in [2.24, 2.45) is 5.73 Å². The van der Waals surface area contributed by atoms with Gasteiger partial charge in [-0.1, -0.05) is 31.9 Å². The lowest BCUT2D eigenvalue weighted by Crippen LogP contribution is -2.25. The van der Waals surface area contributed by atoms with Gasteiger partial charge in [0.1, 0.15) is 0 Å². The summed E-state index contributed by atoms with van der Waals surface area (Å²) < 4.78 is 2.15. The molecule has 0 aliphatic heterocycles. The smallest absolute Gasteiger partial charge is 0.0958 e. The Morgan fingerprint density at radius 2 is 2.19 bits per heavy atom. The van der Waals surface area contributed by atoms with Gasteiger partial charge in [0, 0.05) is 12.6 Å². The van der Waals surface area contributed by atoms with Crippen LogP contribution >= 0.6 is 0 Å². The lowest BCUT2D eigenvalue weighted by Gasteiger charge is -2.12. The molecular weight excluding hydrogens is 198 g/mol. The first-order valence-electron chi connectivity index (χ1n) is 5.96. The third kappa shape index (κ3) is 2.42. The third-order valence-electron chi connectivity index (χ3n) is 2.89. The highest BCUT2D eigenvalue weighted by atomic mass is 15.1. The fraction of sp³-hybridized carbons (Fsp3) is 0.462. The molecule has 1 aromatic heterocycles. The maximum atomic E-state index is 6.09. The van der Waals surface area contributed by atoms with Crippen molar-refractivity contribution in [1.29, 1.82) is 0 Å². The zero-order valence-corrected chi connectivity index (χ0v) is 9.76. The second-order valence-corrected chi connectivity index (χ2v) is 4.29. The fourth-order valence-electron chi connectivity index (χ4n) is 1.97. The van der Waals surface area contributed by atoms with Gasteiger partial charge in [-0.05, 0) is 18.6 Å². The lowest BCUT2D eigenvalue weighted by molar-refractivity contribution is 0.507. The molecule has 0 aliphatic carbocycles. The number of benzene rings is 1. The van der Waals surface area contributed by atoms with E-state index in [0.29, 0.717) is 0 Å². The van der Waals surface area contributed by atoms with Gasteiger partial charge in [0.15, 0.2) is 0 Å². The Morgan fingerprint density at radius 3 is 3.00 bits per heavy atom. The van der Waals surface area contributed by atoms with Crippen LogP contribution in [0.1, 0.15) is 26.2 Å². The van der Waals surface area contributed by atoms with Crippen molar-refractivity contribution >= 4 is 11.0 Å². The molecule has 0 aliphatic rings. The number of hydrogen-bond acceptors (Lipinski definition) is 2. The van der Waals surface area contributed by atoms with Crippen molar-refractivity contribution in [3.63, 3.8) is 0 Å². The molecule has 3 nitrogen and oxygen atoms in total. The maximum Gasteiger partial charge on any atom is 0.0958 e. The number of imidazole rings is 1. The zero-order valence-electron chi connectivity index (χ0n) is 9.76. The van der Waals surface area contributed by atoms with Crippen LogP contribution in [0.2, 0.25) is 0 Å². The van der Waals surface area contributed by atoms with Crippen LogP contribution in [-0.4, -0.2) is 15.6 Å². The van der Waals surface area contributed by atoms with Crippen LogP contribution in [0.15, 0.2) is 30.6 Å². The number of unbranched alkanes of at least 4 members (excludes halogenated alkanes) is 1. The highest BCUT2D eigenvalue weighted by Crippen LogP contribution is 2.12. The van der Waals surface area contributed by atoms with Crippen LogP contribution in [0, 0.1) is 0 Å². The van der Waals surface area contributed by atoms with Crippen LogP contribution in [0.25, 0.3) is 11.0 Å². The standard InChI is InChI=1S/C13H19N3/c1-2-3-6-11(14)9-16-10-15-12-7-4-5-8-13(12)16/h4-5,7-8,10-11H,2-3,6,9,14H2,1H3. The molecule has 3 heteroatoms. The number of hydrogen-bond donors (Lipinski definition) is 1. The Labute approximate surface area is 96.3 Å². The van der Waals surface area contributed by atoms with Gasteiger partial charge in [0.2, 0.25) is 0 Å². The van der Waals surface area contributed by atoms with E-state index >= 15 is 0 Å². The molecule has 2 N–H and O–H groups in total. The lowest BCUT2D eigenvalue weighted by atomic mass is 10.1. The summed E-state index contributed by atoms with van der Waals surface area (Å²) in [6.45, 7) is 3.06. The van der Waals surface area contributed by atoms with Crippen LogP contribution < -0.4 is 5.73 Å². The molecule has 2 rings (SSSR count). The van der Waals surface area contributed by atoms with Gasteiger partial charge in [-0.15, -0.1) is 0 Å². The number of nitrogens with zero attached hydrogens (tertiary/aromatic N) is 2. The first-order valence-corrected chi connectivity index (χ1v) is 5.96. The van der Waals surface area contributed by atoms with E-state index < -0.39 is 0 Å². The van der Waals surface area contributed by atoms with Crippen LogP contribution in [0.5, 0.6) is 0 Å². The van der Waals surface area contributed by atoms with E-state index in [4.69, 9.17) is 5.73 Å². The Hall–Kier alpha value is -1.35. The minimum atomic E-state index is 0.234. The first-order chi connectivity index (χ1) is 7.81. The average Bonchev–Trinajstić information content (AvgIpc) is 2.70. The molecule has 0 spiro atoms. The molecule has 0 saturated heterocycles. The van der Waals surface area contributed by atoms with Crippen LogP contribution in [-0.2, 0) is 6.54 Å². The summed E-state index contributed by atoms with van der Waals surface area (Å²) >= 11 is 0. The van der Waals surface area contributed by atoms with E-state index in [-0.39, 0.29) is 6.04 Å². The van der Waals surface area contributed by atoms with Crippen molar-refractivity contribution in [2.45, 2.75) is 38.8 Å². The molecule has 1 heterocycles. The summed E-state index contributed by atoms with van der Waals surface area (Å²) in [5.41, 5.74) is 8.32. The number of rotatable bonds is 5. The van der Waals surface area contributed by atoms with Crippen molar-refractivity contribution in [3.8, 4) is 0 Å². The minimum Gasteiger partial charge on any atom is -0.329 e. The summed E-state index contributed by atoms with van der Waals surface area (Å²) in [7, 11) is 0. The predicted octanol–water partition coefficient (Wildman–Crippen LogP) is 2.55. The molecule has 0 bridgehead atoms. The van der Waals surface area contributed by atoms with Gasteiger partial charge in [0.05, 0.1) is 17.4 Å². The van der Waals surface area contributed by atoms with Gasteiger partial charge < -0.3 is 10.3 Å². The Morgan fingerprint density at radius 1 is 1.38 bits per heavy atom. The topological polar surface area (TPSA) is 43.8 Å². The van der Waals surface area contributed by atoms with E-state index in [9.17, 15) is 0 Å². The quantitative estimate of drug-likeness (QED) is 0.836. The molecule has 16 heavy (non-hydrogen) atoms. The first kappa shape index (κ1) is 11.1. The van der Waals surface area contributed by atoms with Gasteiger partial charge in [-0.3, -0.25) is 0 Å². The predicted molar refractivity (Wildman–Crippen MR) is 67.2 cm³/mol. The number of nitrogens with two attached hydrogens (primary N) is 1. The highest BCUT2D eigenvalue weighted by Gasteiger charge is 2.06. The summed E-state index contributed by atoms with van der Waals surface area (Å²) in [6.07, 6.45) is 5.38. The molecule has 0 saturated carbocycles. The van der Waals surface area contributed by atoms with Crippen LogP contribution in [0.3, 0.4) is 0 Å². The Kier molecular flexibility index (Phi) is 3.57. The fourth-order valence-corrected chi connectivity index (χ4v) is 1.97. The summed E-state index contributed by atoms with van der Waals surface area (Å²) in [5.74, 6) is 0. The molecule has 1 unspecified atom stereocenters. The molecule has 1 aromatic carbocycles. The summed E-state index contributed by atoms with van der Waals surface area (Å²) in [6, 6.07) is 8.41. The van der Waals surface area contributed by atoms with E-state index in [1.807, 2.05) is 24.5 Å². The van der Waals surface area contributed by atoms with Crippen LogP contribution in [0.4, 0.5) is 0 Å². The third-order valence-corrected chi connectivity index (χ3v) is 2.89. The van der Waals surface area contributed by atoms with Gasteiger partial charge in [-0.25, -0.2) is 4.98 Å². The van der Waals surface area contributed by atoms with Crippen molar-refractivity contribution in [1.82, 2.24) is 9.55 Å².